The van der Waals surface area contributed by atoms with Crippen LogP contribution in [0.2, 0.25) is 0 Å². The van der Waals surface area contributed by atoms with E-state index in [4.69, 9.17) is 9.47 Å². The molecule has 10 nitrogen and oxygen atoms in total. The summed E-state index contributed by atoms with van der Waals surface area (Å²) in [5.41, 5.74) is 1.74. The summed E-state index contributed by atoms with van der Waals surface area (Å²) >= 11 is 0. The second-order valence-corrected chi connectivity index (χ2v) is 7.56. The Morgan fingerprint density at radius 3 is 1.34 bits per heavy atom. The summed E-state index contributed by atoms with van der Waals surface area (Å²) in [7, 11) is 2.77. The van der Waals surface area contributed by atoms with E-state index in [1.165, 1.54) is 100.0 Å². The van der Waals surface area contributed by atoms with Gasteiger partial charge >= 0.3 is 17.1 Å². The third-order valence-electron chi connectivity index (χ3n) is 4.92. The van der Waals surface area contributed by atoms with E-state index in [2.05, 4.69) is 30.4 Å². The van der Waals surface area contributed by atoms with Crippen molar-refractivity contribution in [2.45, 2.75) is 0 Å². The average molecular weight is 608 g/mol. The first kappa shape index (κ1) is 32.2. The average Bonchev–Trinajstić information content (AvgIpc) is 2.98. The van der Waals surface area contributed by atoms with Crippen LogP contribution in [0.25, 0.3) is 0 Å². The summed E-state index contributed by atoms with van der Waals surface area (Å²) in [4.78, 5) is 7.59. The molecule has 213 valence electrons. The van der Waals surface area contributed by atoms with E-state index in [1.54, 1.807) is 12.1 Å². The van der Waals surface area contributed by atoms with Gasteiger partial charge in [0.05, 0.1) is 26.6 Å². The zero-order valence-electron chi connectivity index (χ0n) is 21.6. The summed E-state index contributed by atoms with van der Waals surface area (Å²) in [5.74, 6) is -1.69. The number of hydrogen-bond donors (Lipinski definition) is 0. The number of benzene rings is 2. The molecule has 1 radical (unpaired) electrons. The molecule has 0 aliphatic heterocycles. The maximum atomic E-state index is 13.4. The summed E-state index contributed by atoms with van der Waals surface area (Å²) < 4.78 is 36.4. The quantitative estimate of drug-likeness (QED) is 0.131. The monoisotopic (exact) mass is 607 g/mol. The van der Waals surface area contributed by atoms with Gasteiger partial charge in [-0.1, -0.05) is 0 Å². The molecule has 0 unspecified atom stereocenters. The van der Waals surface area contributed by atoms with Crippen molar-refractivity contribution in [3.63, 3.8) is 0 Å². The molecule has 2 aromatic carbocycles. The molecule has 41 heavy (non-hydrogen) atoms. The smallest absolute Gasteiger partial charge is 0.857 e. The summed E-state index contributed by atoms with van der Waals surface area (Å²) in [6.45, 7) is 0. The molecule has 0 spiro atoms. The largest absolute Gasteiger partial charge is 2.00 e. The van der Waals surface area contributed by atoms with Crippen molar-refractivity contribution >= 4 is 24.2 Å². The summed E-state index contributed by atoms with van der Waals surface area (Å²) in [6, 6.07) is 14.8. The van der Waals surface area contributed by atoms with Crippen molar-refractivity contribution in [2.75, 3.05) is 14.2 Å². The number of pyridine rings is 2. The fourth-order valence-corrected chi connectivity index (χ4v) is 2.93. The van der Waals surface area contributed by atoms with Gasteiger partial charge in [0.15, 0.2) is 23.1 Å². The molecule has 4 rings (SSSR count). The summed E-state index contributed by atoms with van der Waals surface area (Å²) in [6.07, 6.45) is 8.55. The number of nitrogens with zero attached hydrogens (tertiary/aromatic N) is 6. The van der Waals surface area contributed by atoms with Gasteiger partial charge in [0, 0.05) is 36.6 Å². The van der Waals surface area contributed by atoms with Crippen molar-refractivity contribution in [3.05, 3.63) is 119 Å². The SMILES string of the molecule is COc1ccc(/C=N/N=C(\[O-])c2ccncc2)cc1F.COc1ccc(/C=N\N=C(/[O-])c2ccncc2)cc1F.[Cu+2]. The van der Waals surface area contributed by atoms with Crippen molar-refractivity contribution in [2.24, 2.45) is 20.4 Å². The van der Waals surface area contributed by atoms with E-state index < -0.39 is 23.4 Å². The van der Waals surface area contributed by atoms with Gasteiger partial charge in [0.25, 0.3) is 0 Å². The second-order valence-electron chi connectivity index (χ2n) is 7.56. The standard InChI is InChI=1S/2C14H12FN3O2.Cu/c2*1-20-13-3-2-10(8-12(13)15)9-17-18-14(19)11-4-6-16-7-5-11;/h2*2-9H,1H3,(H,18,19);/q;;+2/p-2/b17-9+;17-9-;. The number of hydrogen-bond acceptors (Lipinski definition) is 10. The van der Waals surface area contributed by atoms with Crippen LogP contribution >= 0.6 is 0 Å². The molecule has 0 fully saturated rings. The third-order valence-corrected chi connectivity index (χ3v) is 4.92. The number of halogens is 2. The minimum absolute atomic E-state index is 0. The third kappa shape index (κ3) is 10.2. The van der Waals surface area contributed by atoms with Crippen molar-refractivity contribution in [1.82, 2.24) is 9.97 Å². The van der Waals surface area contributed by atoms with E-state index >= 15 is 0 Å². The van der Waals surface area contributed by atoms with Gasteiger partial charge < -0.3 is 19.7 Å². The van der Waals surface area contributed by atoms with Gasteiger partial charge in [0.1, 0.15) is 0 Å². The van der Waals surface area contributed by atoms with Crippen molar-refractivity contribution in [3.8, 4) is 11.5 Å². The van der Waals surface area contributed by atoms with E-state index in [-0.39, 0.29) is 28.6 Å². The Morgan fingerprint density at radius 2 is 1.02 bits per heavy atom. The van der Waals surface area contributed by atoms with E-state index in [0.717, 1.165) is 0 Å². The summed E-state index contributed by atoms with van der Waals surface area (Å²) in [5, 5.41) is 37.5. The first-order chi connectivity index (χ1) is 19.4. The van der Waals surface area contributed by atoms with Crippen LogP contribution in [0.4, 0.5) is 8.78 Å². The fraction of sp³-hybridized carbons (Fsp3) is 0.0714. The van der Waals surface area contributed by atoms with Gasteiger partial charge in [-0.15, -0.1) is 0 Å². The van der Waals surface area contributed by atoms with Crippen LogP contribution in [0.5, 0.6) is 11.5 Å². The van der Waals surface area contributed by atoms with Gasteiger partial charge in [-0.3, -0.25) is 9.97 Å². The number of rotatable bonds is 8. The van der Waals surface area contributed by atoms with Crippen LogP contribution < -0.4 is 19.7 Å². The first-order valence-corrected chi connectivity index (χ1v) is 11.4. The number of methoxy groups -OCH3 is 2. The van der Waals surface area contributed by atoms with Crippen molar-refractivity contribution < 1.29 is 45.5 Å². The molecule has 0 N–H and O–H groups in total. The molecular weight excluding hydrogens is 586 g/mol. The minimum Gasteiger partial charge on any atom is -0.857 e. The predicted octanol–water partition coefficient (Wildman–Crippen LogP) is 2.74. The zero-order valence-corrected chi connectivity index (χ0v) is 22.6. The molecule has 0 bridgehead atoms. The van der Waals surface area contributed by atoms with Gasteiger partial charge in [-0.25, -0.2) is 8.78 Å². The molecule has 0 amide bonds. The molecule has 0 saturated heterocycles. The van der Waals surface area contributed by atoms with Gasteiger partial charge in [-0.05, 0) is 82.9 Å². The molecule has 13 heteroatoms. The van der Waals surface area contributed by atoms with Gasteiger partial charge in [0.2, 0.25) is 0 Å². The van der Waals surface area contributed by atoms with E-state index in [9.17, 15) is 19.0 Å². The fourth-order valence-electron chi connectivity index (χ4n) is 2.93. The number of aromatic nitrogens is 2. The van der Waals surface area contributed by atoms with Crippen LogP contribution in [0.15, 0.2) is 106 Å². The van der Waals surface area contributed by atoms with Crippen molar-refractivity contribution in [1.29, 1.82) is 0 Å². The molecule has 2 aromatic heterocycles. The molecule has 0 aliphatic rings. The van der Waals surface area contributed by atoms with Crippen LogP contribution in [-0.4, -0.2) is 48.4 Å². The zero-order chi connectivity index (χ0) is 28.7. The normalized spacial score (nSPS) is 11.5. The topological polar surface area (TPSA) is 140 Å². The molecular formula is C28H22CuF2N6O4. The maximum Gasteiger partial charge on any atom is 2.00 e. The molecule has 4 aromatic rings. The molecule has 0 aliphatic carbocycles. The Labute approximate surface area is 245 Å². The Kier molecular flexibility index (Phi) is 13.2. The Morgan fingerprint density at radius 1 is 0.659 bits per heavy atom. The predicted molar refractivity (Wildman–Crippen MR) is 143 cm³/mol. The van der Waals surface area contributed by atoms with E-state index in [0.29, 0.717) is 22.3 Å². The Balaban J connectivity index is 0.000000280. The number of ether oxygens (including phenoxy) is 2. The van der Waals surface area contributed by atoms with Crippen LogP contribution in [0.3, 0.4) is 0 Å². The Bertz CT molecular complexity index is 1410. The van der Waals surface area contributed by atoms with Crippen LogP contribution in [0, 0.1) is 11.6 Å². The van der Waals surface area contributed by atoms with E-state index in [1.807, 2.05) is 0 Å². The Hall–Kier alpha value is -5.00. The van der Waals surface area contributed by atoms with Gasteiger partial charge in [-0.2, -0.15) is 20.4 Å². The minimum atomic E-state index is -0.503. The first-order valence-electron chi connectivity index (χ1n) is 11.4. The van der Waals surface area contributed by atoms with Crippen LogP contribution in [0.1, 0.15) is 22.3 Å². The maximum absolute atomic E-state index is 13.4. The molecule has 2 heterocycles. The second kappa shape index (κ2) is 16.9. The van der Waals surface area contributed by atoms with Crippen LogP contribution in [-0.2, 0) is 17.1 Å². The molecule has 0 atom stereocenters. The molecule has 0 saturated carbocycles.